The summed E-state index contributed by atoms with van der Waals surface area (Å²) in [5.41, 5.74) is 3.26. The lowest BCUT2D eigenvalue weighted by atomic mass is 9.96. The molecule has 4 heteroatoms. The first kappa shape index (κ1) is 14.4. The summed E-state index contributed by atoms with van der Waals surface area (Å²) in [5.74, 6) is 0.305. The van der Waals surface area contributed by atoms with Crippen molar-refractivity contribution in [3.8, 4) is 0 Å². The molecule has 1 unspecified atom stereocenters. The van der Waals surface area contributed by atoms with E-state index in [1.165, 1.54) is 24.6 Å². The Balaban J connectivity index is 1.79. The minimum absolute atomic E-state index is 0.187. The van der Waals surface area contributed by atoms with E-state index in [4.69, 9.17) is 0 Å². The molecular formula is C19H20FN3. The largest absolute Gasteiger partial charge is 0.325 e. The maximum absolute atomic E-state index is 13.5. The Morgan fingerprint density at radius 3 is 3.00 bits per heavy atom. The molecule has 1 atom stereocenters. The van der Waals surface area contributed by atoms with Gasteiger partial charge in [0.2, 0.25) is 0 Å². The number of fused-ring (bicyclic) bond motifs is 1. The monoisotopic (exact) mass is 309 g/mol. The minimum Gasteiger partial charge on any atom is -0.325 e. The zero-order valence-electron chi connectivity index (χ0n) is 13.0. The van der Waals surface area contributed by atoms with Crippen LogP contribution >= 0.6 is 0 Å². The average Bonchev–Trinajstić information content (AvgIpc) is 2.95. The molecule has 0 bridgehead atoms. The fraction of sp³-hybridized carbons (Fsp3) is 0.316. The molecule has 0 aliphatic carbocycles. The molecule has 0 radical (unpaired) electrons. The number of rotatable bonds is 3. The van der Waals surface area contributed by atoms with E-state index < -0.39 is 0 Å². The van der Waals surface area contributed by atoms with Crippen LogP contribution in [0.2, 0.25) is 0 Å². The van der Waals surface area contributed by atoms with Gasteiger partial charge in [0.1, 0.15) is 11.5 Å². The summed E-state index contributed by atoms with van der Waals surface area (Å²) in [4.78, 5) is 4.56. The number of hydrogen-bond acceptors (Lipinski definition) is 2. The SMILES string of the molecule is Fc1cccc(Cn2c(C3CCCNC3)cc3cccnc32)c1. The van der Waals surface area contributed by atoms with Gasteiger partial charge in [-0.2, -0.15) is 0 Å². The topological polar surface area (TPSA) is 29.9 Å². The molecular weight excluding hydrogens is 289 g/mol. The molecule has 0 spiro atoms. The van der Waals surface area contributed by atoms with Gasteiger partial charge in [-0.25, -0.2) is 9.37 Å². The lowest BCUT2D eigenvalue weighted by Crippen LogP contribution is -2.29. The Hall–Kier alpha value is -2.20. The zero-order chi connectivity index (χ0) is 15.6. The van der Waals surface area contributed by atoms with Gasteiger partial charge in [-0.1, -0.05) is 12.1 Å². The van der Waals surface area contributed by atoms with Crippen LogP contribution < -0.4 is 5.32 Å². The van der Waals surface area contributed by atoms with Crippen molar-refractivity contribution < 1.29 is 4.39 Å². The molecule has 1 aromatic carbocycles. The van der Waals surface area contributed by atoms with Crippen LogP contribution in [0.1, 0.15) is 30.0 Å². The molecule has 3 aromatic rings. The minimum atomic E-state index is -0.187. The van der Waals surface area contributed by atoms with Crippen molar-refractivity contribution >= 4 is 11.0 Å². The molecule has 1 N–H and O–H groups in total. The maximum Gasteiger partial charge on any atom is 0.140 e. The van der Waals surface area contributed by atoms with E-state index in [0.29, 0.717) is 12.5 Å². The molecule has 3 nitrogen and oxygen atoms in total. The van der Waals surface area contributed by atoms with Crippen LogP contribution in [0, 0.1) is 5.82 Å². The summed E-state index contributed by atoms with van der Waals surface area (Å²) in [6.07, 6.45) is 4.21. The van der Waals surface area contributed by atoms with Crippen molar-refractivity contribution in [1.29, 1.82) is 0 Å². The predicted octanol–water partition coefficient (Wildman–Crippen LogP) is 3.69. The van der Waals surface area contributed by atoms with Crippen molar-refractivity contribution in [2.24, 2.45) is 0 Å². The predicted molar refractivity (Wildman–Crippen MR) is 90.1 cm³/mol. The first-order valence-electron chi connectivity index (χ1n) is 8.20. The number of aromatic nitrogens is 2. The Labute approximate surface area is 135 Å². The molecule has 1 saturated heterocycles. The lowest BCUT2D eigenvalue weighted by molar-refractivity contribution is 0.445. The van der Waals surface area contributed by atoms with Gasteiger partial charge >= 0.3 is 0 Å². The first-order valence-corrected chi connectivity index (χ1v) is 8.20. The van der Waals surface area contributed by atoms with E-state index in [-0.39, 0.29) is 5.82 Å². The average molecular weight is 309 g/mol. The van der Waals surface area contributed by atoms with E-state index >= 15 is 0 Å². The Morgan fingerprint density at radius 1 is 1.22 bits per heavy atom. The molecule has 1 aliphatic rings. The van der Waals surface area contributed by atoms with Gasteiger partial charge < -0.3 is 9.88 Å². The summed E-state index contributed by atoms with van der Waals surface area (Å²) in [5, 5.41) is 4.64. The molecule has 0 amide bonds. The Morgan fingerprint density at radius 2 is 2.17 bits per heavy atom. The van der Waals surface area contributed by atoms with Crippen molar-refractivity contribution in [3.05, 3.63) is 65.7 Å². The molecule has 23 heavy (non-hydrogen) atoms. The summed E-state index contributed by atoms with van der Waals surface area (Å²) in [7, 11) is 0. The first-order chi connectivity index (χ1) is 11.3. The highest BCUT2D eigenvalue weighted by molar-refractivity contribution is 5.77. The normalized spacial score (nSPS) is 18.4. The van der Waals surface area contributed by atoms with Gasteiger partial charge in [-0.3, -0.25) is 0 Å². The van der Waals surface area contributed by atoms with Crippen LogP contribution in [0.15, 0.2) is 48.7 Å². The van der Waals surface area contributed by atoms with E-state index in [0.717, 1.165) is 29.7 Å². The van der Waals surface area contributed by atoms with Crippen LogP contribution in [-0.4, -0.2) is 22.6 Å². The smallest absolute Gasteiger partial charge is 0.140 e. The molecule has 1 aliphatic heterocycles. The Kier molecular flexibility index (Phi) is 3.83. The van der Waals surface area contributed by atoms with E-state index in [9.17, 15) is 4.39 Å². The zero-order valence-corrected chi connectivity index (χ0v) is 13.0. The van der Waals surface area contributed by atoms with Gasteiger partial charge in [0.25, 0.3) is 0 Å². The van der Waals surface area contributed by atoms with Crippen molar-refractivity contribution in [2.75, 3.05) is 13.1 Å². The van der Waals surface area contributed by atoms with Gasteiger partial charge in [0, 0.05) is 36.3 Å². The number of pyridine rings is 1. The van der Waals surface area contributed by atoms with E-state index in [1.807, 2.05) is 18.3 Å². The fourth-order valence-electron chi connectivity index (χ4n) is 3.53. The van der Waals surface area contributed by atoms with Gasteiger partial charge in [0.15, 0.2) is 0 Å². The second-order valence-electron chi connectivity index (χ2n) is 6.24. The number of halogens is 1. The van der Waals surface area contributed by atoms with Crippen LogP contribution in [0.25, 0.3) is 11.0 Å². The summed E-state index contributed by atoms with van der Waals surface area (Å²) in [6, 6.07) is 13.2. The number of nitrogens with zero attached hydrogens (tertiary/aromatic N) is 2. The van der Waals surface area contributed by atoms with Crippen LogP contribution in [0.4, 0.5) is 4.39 Å². The molecule has 3 heterocycles. The highest BCUT2D eigenvalue weighted by atomic mass is 19.1. The second kappa shape index (κ2) is 6.13. The number of piperidine rings is 1. The highest BCUT2D eigenvalue weighted by Gasteiger charge is 2.21. The lowest BCUT2D eigenvalue weighted by Gasteiger charge is -2.24. The van der Waals surface area contributed by atoms with E-state index in [2.05, 4.69) is 27.0 Å². The molecule has 118 valence electrons. The summed E-state index contributed by atoms with van der Waals surface area (Å²) < 4.78 is 15.8. The molecule has 0 saturated carbocycles. The molecule has 2 aromatic heterocycles. The fourth-order valence-corrected chi connectivity index (χ4v) is 3.53. The quantitative estimate of drug-likeness (QED) is 0.799. The number of benzene rings is 1. The third-order valence-electron chi connectivity index (χ3n) is 4.63. The van der Waals surface area contributed by atoms with Crippen LogP contribution in [-0.2, 0) is 6.54 Å². The highest BCUT2D eigenvalue weighted by Crippen LogP contribution is 2.29. The summed E-state index contributed by atoms with van der Waals surface area (Å²) in [6.45, 7) is 2.75. The standard InChI is InChI=1S/C19H20FN3/c20-17-7-1-4-14(10-17)13-23-18(16-6-2-8-21-12-16)11-15-5-3-9-22-19(15)23/h1,3-5,7,9-11,16,21H,2,6,8,12-13H2. The third kappa shape index (κ3) is 2.86. The second-order valence-corrected chi connectivity index (χ2v) is 6.24. The van der Waals surface area contributed by atoms with E-state index in [1.54, 1.807) is 12.1 Å². The summed E-state index contributed by atoms with van der Waals surface area (Å²) >= 11 is 0. The number of nitrogens with one attached hydrogen (secondary N) is 1. The third-order valence-corrected chi connectivity index (χ3v) is 4.63. The maximum atomic E-state index is 13.5. The van der Waals surface area contributed by atoms with Crippen LogP contribution in [0.5, 0.6) is 0 Å². The number of hydrogen-bond donors (Lipinski definition) is 1. The molecule has 1 fully saturated rings. The van der Waals surface area contributed by atoms with Gasteiger partial charge in [-0.15, -0.1) is 0 Å². The van der Waals surface area contributed by atoms with Gasteiger partial charge in [-0.05, 0) is 55.3 Å². The van der Waals surface area contributed by atoms with Crippen molar-refractivity contribution in [2.45, 2.75) is 25.3 Å². The van der Waals surface area contributed by atoms with Crippen molar-refractivity contribution in [3.63, 3.8) is 0 Å². The van der Waals surface area contributed by atoms with Crippen molar-refractivity contribution in [1.82, 2.24) is 14.9 Å². The molecule has 4 rings (SSSR count). The van der Waals surface area contributed by atoms with Crippen LogP contribution in [0.3, 0.4) is 0 Å². The van der Waals surface area contributed by atoms with Gasteiger partial charge in [0.05, 0.1) is 0 Å². The Bertz CT molecular complexity index is 818.